The SMILES string of the molecule is CCOC(=O)c1cnn(-c2cccc(C)c2C)c1CNCCNC(C)=O. The molecule has 0 bridgehead atoms. The van der Waals surface area contributed by atoms with Crippen LogP contribution in [0.3, 0.4) is 0 Å². The molecular weight excluding hydrogens is 332 g/mol. The number of benzene rings is 1. The van der Waals surface area contributed by atoms with Crippen molar-refractivity contribution in [3.05, 3.63) is 46.8 Å². The van der Waals surface area contributed by atoms with Crippen LogP contribution in [0.5, 0.6) is 0 Å². The first kappa shape index (κ1) is 19.7. The molecule has 140 valence electrons. The van der Waals surface area contributed by atoms with Crippen molar-refractivity contribution in [3.63, 3.8) is 0 Å². The van der Waals surface area contributed by atoms with E-state index in [1.807, 2.05) is 32.0 Å². The molecule has 0 radical (unpaired) electrons. The van der Waals surface area contributed by atoms with Crippen LogP contribution < -0.4 is 10.6 Å². The molecule has 0 aliphatic heterocycles. The van der Waals surface area contributed by atoms with E-state index < -0.39 is 0 Å². The molecule has 0 saturated heterocycles. The zero-order chi connectivity index (χ0) is 19.1. The fraction of sp³-hybridized carbons (Fsp3) is 0.421. The number of aryl methyl sites for hydroxylation is 1. The Balaban J connectivity index is 2.28. The van der Waals surface area contributed by atoms with E-state index in [1.165, 1.54) is 6.92 Å². The maximum atomic E-state index is 12.3. The van der Waals surface area contributed by atoms with Gasteiger partial charge >= 0.3 is 5.97 Å². The van der Waals surface area contributed by atoms with Gasteiger partial charge in [0, 0.05) is 26.6 Å². The summed E-state index contributed by atoms with van der Waals surface area (Å²) in [5.74, 6) is -0.456. The lowest BCUT2D eigenvalue weighted by Gasteiger charge is -2.14. The molecule has 0 unspecified atom stereocenters. The Hall–Kier alpha value is -2.67. The second-order valence-corrected chi connectivity index (χ2v) is 6.02. The van der Waals surface area contributed by atoms with Crippen molar-refractivity contribution in [1.29, 1.82) is 0 Å². The minimum atomic E-state index is -0.386. The summed E-state index contributed by atoms with van der Waals surface area (Å²) in [5, 5.41) is 10.4. The summed E-state index contributed by atoms with van der Waals surface area (Å²) in [6.45, 7) is 9.17. The average Bonchev–Trinajstić information content (AvgIpc) is 3.01. The van der Waals surface area contributed by atoms with Gasteiger partial charge in [-0.2, -0.15) is 5.10 Å². The van der Waals surface area contributed by atoms with Gasteiger partial charge in [0.25, 0.3) is 0 Å². The highest BCUT2D eigenvalue weighted by atomic mass is 16.5. The number of rotatable bonds is 8. The van der Waals surface area contributed by atoms with Crippen LogP contribution >= 0.6 is 0 Å². The van der Waals surface area contributed by atoms with Gasteiger partial charge in [-0.05, 0) is 38.0 Å². The number of carbonyl (C=O) groups is 2. The molecule has 7 heteroatoms. The average molecular weight is 358 g/mol. The standard InChI is InChI=1S/C19H26N4O3/c1-5-26-19(25)16-11-22-23(17-8-6-7-13(2)14(17)3)18(16)12-20-9-10-21-15(4)24/h6-8,11,20H,5,9-10,12H2,1-4H3,(H,21,24). The maximum Gasteiger partial charge on any atom is 0.341 e. The molecule has 7 nitrogen and oxygen atoms in total. The van der Waals surface area contributed by atoms with Crippen LogP contribution in [0.2, 0.25) is 0 Å². The number of hydrogen-bond donors (Lipinski definition) is 2. The molecule has 1 aromatic heterocycles. The molecule has 1 amide bonds. The van der Waals surface area contributed by atoms with E-state index in [0.29, 0.717) is 31.8 Å². The number of amides is 1. The normalized spacial score (nSPS) is 10.6. The second kappa shape index (κ2) is 9.15. The lowest BCUT2D eigenvalue weighted by Crippen LogP contribution is -2.30. The Morgan fingerprint density at radius 3 is 2.69 bits per heavy atom. The van der Waals surface area contributed by atoms with Gasteiger partial charge in [0.2, 0.25) is 5.91 Å². The van der Waals surface area contributed by atoms with Gasteiger partial charge in [0.1, 0.15) is 5.56 Å². The zero-order valence-electron chi connectivity index (χ0n) is 15.8. The van der Waals surface area contributed by atoms with Crippen LogP contribution in [0.25, 0.3) is 5.69 Å². The van der Waals surface area contributed by atoms with Crippen molar-refractivity contribution < 1.29 is 14.3 Å². The van der Waals surface area contributed by atoms with Crippen molar-refractivity contribution in [3.8, 4) is 5.69 Å². The second-order valence-electron chi connectivity index (χ2n) is 6.02. The molecule has 0 aliphatic carbocycles. The molecule has 0 saturated carbocycles. The summed E-state index contributed by atoms with van der Waals surface area (Å²) in [6.07, 6.45) is 1.55. The number of nitrogens with one attached hydrogen (secondary N) is 2. The Bertz CT molecular complexity index is 783. The molecule has 26 heavy (non-hydrogen) atoms. The summed E-state index contributed by atoms with van der Waals surface area (Å²) in [6, 6.07) is 5.99. The van der Waals surface area contributed by atoms with Crippen LogP contribution in [0.4, 0.5) is 0 Å². The van der Waals surface area contributed by atoms with E-state index in [1.54, 1.807) is 17.8 Å². The Morgan fingerprint density at radius 1 is 1.23 bits per heavy atom. The molecule has 0 atom stereocenters. The van der Waals surface area contributed by atoms with Crippen molar-refractivity contribution >= 4 is 11.9 Å². The third-order valence-corrected chi connectivity index (χ3v) is 4.14. The third kappa shape index (κ3) is 4.70. The summed E-state index contributed by atoms with van der Waals surface area (Å²) in [7, 11) is 0. The topological polar surface area (TPSA) is 85.2 Å². The number of aromatic nitrogens is 2. The molecule has 2 rings (SSSR count). The summed E-state index contributed by atoms with van der Waals surface area (Å²) in [5.41, 5.74) is 4.37. The predicted octanol–water partition coefficient (Wildman–Crippen LogP) is 1.89. The summed E-state index contributed by atoms with van der Waals surface area (Å²) in [4.78, 5) is 23.2. The number of esters is 1. The minimum Gasteiger partial charge on any atom is -0.462 e. The van der Waals surface area contributed by atoms with Gasteiger partial charge < -0.3 is 15.4 Å². The third-order valence-electron chi connectivity index (χ3n) is 4.14. The lowest BCUT2D eigenvalue weighted by molar-refractivity contribution is -0.118. The monoisotopic (exact) mass is 358 g/mol. The maximum absolute atomic E-state index is 12.3. The molecule has 1 aromatic carbocycles. The van der Waals surface area contributed by atoms with Crippen LogP contribution in [-0.4, -0.2) is 41.4 Å². The molecule has 0 spiro atoms. The predicted molar refractivity (Wildman–Crippen MR) is 99.4 cm³/mol. The van der Waals surface area contributed by atoms with E-state index in [0.717, 1.165) is 22.5 Å². The van der Waals surface area contributed by atoms with Gasteiger partial charge in [-0.3, -0.25) is 4.79 Å². The Morgan fingerprint density at radius 2 is 2.00 bits per heavy atom. The van der Waals surface area contributed by atoms with E-state index >= 15 is 0 Å². The van der Waals surface area contributed by atoms with Gasteiger partial charge in [0.05, 0.1) is 24.2 Å². The van der Waals surface area contributed by atoms with Crippen molar-refractivity contribution in [2.75, 3.05) is 19.7 Å². The molecule has 0 aliphatic rings. The van der Waals surface area contributed by atoms with Crippen LogP contribution in [0.1, 0.15) is 41.0 Å². The highest BCUT2D eigenvalue weighted by Crippen LogP contribution is 2.21. The smallest absolute Gasteiger partial charge is 0.341 e. The van der Waals surface area contributed by atoms with E-state index in [9.17, 15) is 9.59 Å². The minimum absolute atomic E-state index is 0.0700. The van der Waals surface area contributed by atoms with Gasteiger partial charge in [0.15, 0.2) is 0 Å². The number of ether oxygens (including phenoxy) is 1. The number of carbonyl (C=O) groups excluding carboxylic acids is 2. The number of nitrogens with zero attached hydrogens (tertiary/aromatic N) is 2. The number of hydrogen-bond acceptors (Lipinski definition) is 5. The highest BCUT2D eigenvalue weighted by molar-refractivity contribution is 5.90. The first-order valence-electron chi connectivity index (χ1n) is 8.71. The van der Waals surface area contributed by atoms with Crippen LogP contribution in [0.15, 0.2) is 24.4 Å². The zero-order valence-corrected chi connectivity index (χ0v) is 15.8. The van der Waals surface area contributed by atoms with E-state index in [2.05, 4.69) is 15.7 Å². The Kier molecular flexibility index (Phi) is 6.91. The lowest BCUT2D eigenvalue weighted by atomic mass is 10.1. The van der Waals surface area contributed by atoms with Crippen LogP contribution in [0, 0.1) is 13.8 Å². The van der Waals surface area contributed by atoms with Crippen molar-refractivity contribution in [2.24, 2.45) is 0 Å². The van der Waals surface area contributed by atoms with E-state index in [4.69, 9.17) is 4.74 Å². The van der Waals surface area contributed by atoms with Gasteiger partial charge in [-0.25, -0.2) is 9.48 Å². The summed E-state index contributed by atoms with van der Waals surface area (Å²) < 4.78 is 6.93. The fourth-order valence-corrected chi connectivity index (χ4v) is 2.63. The van der Waals surface area contributed by atoms with Crippen molar-refractivity contribution in [2.45, 2.75) is 34.2 Å². The highest BCUT2D eigenvalue weighted by Gasteiger charge is 2.20. The van der Waals surface area contributed by atoms with E-state index in [-0.39, 0.29) is 11.9 Å². The molecule has 2 aromatic rings. The van der Waals surface area contributed by atoms with Gasteiger partial charge in [-0.15, -0.1) is 0 Å². The summed E-state index contributed by atoms with van der Waals surface area (Å²) >= 11 is 0. The first-order valence-corrected chi connectivity index (χ1v) is 8.71. The molecule has 2 N–H and O–H groups in total. The fourth-order valence-electron chi connectivity index (χ4n) is 2.63. The van der Waals surface area contributed by atoms with Crippen molar-refractivity contribution in [1.82, 2.24) is 20.4 Å². The molecule has 1 heterocycles. The largest absolute Gasteiger partial charge is 0.462 e. The first-order chi connectivity index (χ1) is 12.5. The molecular formula is C19H26N4O3. The van der Waals surface area contributed by atoms with Gasteiger partial charge in [-0.1, -0.05) is 12.1 Å². The Labute approximate surface area is 153 Å². The quantitative estimate of drug-likeness (QED) is 0.556. The molecule has 0 fully saturated rings. The van der Waals surface area contributed by atoms with Crippen LogP contribution in [-0.2, 0) is 16.1 Å².